The highest BCUT2D eigenvalue weighted by atomic mass is 32.2. The molecule has 0 amide bonds. The molecule has 0 aliphatic carbocycles. The number of hydrogen-bond acceptors (Lipinski definition) is 4. The average molecular weight is 318 g/mol. The number of benzene rings is 1. The van der Waals surface area contributed by atoms with E-state index >= 15 is 0 Å². The van der Waals surface area contributed by atoms with Crippen LogP contribution in [0, 0.1) is 18.6 Å². The van der Waals surface area contributed by atoms with Gasteiger partial charge in [0.1, 0.15) is 16.5 Å². The normalized spacial score (nSPS) is 11.6. The largest absolute Gasteiger partial charge is 0.326 e. The van der Waals surface area contributed by atoms with Crippen LogP contribution in [0.4, 0.5) is 14.5 Å². The molecule has 1 aromatic heterocycles. The molecule has 0 saturated heterocycles. The smallest absolute Gasteiger partial charge is 0.263 e. The maximum atomic E-state index is 13.5. The highest BCUT2D eigenvalue weighted by Crippen LogP contribution is 2.29. The first-order chi connectivity index (χ1) is 9.35. The number of thiophene rings is 1. The van der Waals surface area contributed by atoms with E-state index in [0.717, 1.165) is 12.1 Å². The molecule has 0 spiro atoms. The lowest BCUT2D eigenvalue weighted by atomic mass is 10.3. The van der Waals surface area contributed by atoms with E-state index in [4.69, 9.17) is 5.73 Å². The van der Waals surface area contributed by atoms with E-state index in [1.807, 2.05) is 0 Å². The molecule has 0 aliphatic heterocycles. The topological polar surface area (TPSA) is 72.2 Å². The quantitative estimate of drug-likeness (QED) is 0.910. The average Bonchev–Trinajstić information content (AvgIpc) is 2.75. The third-order valence-corrected chi connectivity index (χ3v) is 5.47. The minimum atomic E-state index is -3.96. The van der Waals surface area contributed by atoms with Gasteiger partial charge in [-0.15, -0.1) is 11.3 Å². The van der Waals surface area contributed by atoms with E-state index in [1.54, 1.807) is 12.3 Å². The molecule has 1 aromatic carbocycles. The van der Waals surface area contributed by atoms with Gasteiger partial charge in [0.05, 0.1) is 5.69 Å². The Labute approximate surface area is 119 Å². The number of nitrogens with one attached hydrogen (secondary N) is 1. The second-order valence-electron chi connectivity index (χ2n) is 4.10. The molecule has 8 heteroatoms. The number of sulfonamides is 1. The number of hydrogen-bond donors (Lipinski definition) is 2. The van der Waals surface area contributed by atoms with Crippen LogP contribution in [0.2, 0.25) is 0 Å². The summed E-state index contributed by atoms with van der Waals surface area (Å²) in [5.74, 6) is -1.75. The van der Waals surface area contributed by atoms with Gasteiger partial charge in [-0.1, -0.05) is 0 Å². The Kier molecular flexibility index (Phi) is 4.07. The summed E-state index contributed by atoms with van der Waals surface area (Å²) in [6.45, 7) is 1.70. The summed E-state index contributed by atoms with van der Waals surface area (Å²) >= 11 is 1.22. The molecule has 108 valence electrons. The summed E-state index contributed by atoms with van der Waals surface area (Å²) in [5.41, 5.74) is 5.73. The van der Waals surface area contributed by atoms with Crippen LogP contribution in [0.3, 0.4) is 0 Å². The summed E-state index contributed by atoms with van der Waals surface area (Å²) in [6.07, 6.45) is 0. The van der Waals surface area contributed by atoms with Crippen LogP contribution in [0.15, 0.2) is 28.5 Å². The molecule has 20 heavy (non-hydrogen) atoms. The first kappa shape index (κ1) is 14.9. The first-order valence-electron chi connectivity index (χ1n) is 5.60. The summed E-state index contributed by atoms with van der Waals surface area (Å²) in [5, 5.41) is 1.66. The molecular formula is C12H12F2N2O2S2. The minimum Gasteiger partial charge on any atom is -0.326 e. The van der Waals surface area contributed by atoms with Crippen LogP contribution in [0.25, 0.3) is 0 Å². The Hall–Kier alpha value is -1.51. The van der Waals surface area contributed by atoms with Crippen molar-refractivity contribution in [1.82, 2.24) is 0 Å². The molecule has 2 rings (SSSR count). The van der Waals surface area contributed by atoms with Crippen molar-refractivity contribution in [2.24, 2.45) is 5.73 Å². The molecule has 0 radical (unpaired) electrons. The third-order valence-electron chi connectivity index (χ3n) is 2.62. The fraction of sp³-hybridized carbons (Fsp3) is 0.167. The fourth-order valence-corrected chi connectivity index (χ4v) is 4.53. The summed E-state index contributed by atoms with van der Waals surface area (Å²) in [7, 11) is -3.96. The van der Waals surface area contributed by atoms with Crippen molar-refractivity contribution in [1.29, 1.82) is 0 Å². The monoisotopic (exact) mass is 318 g/mol. The molecule has 0 aliphatic rings. The Bertz CT molecular complexity index is 742. The highest BCUT2D eigenvalue weighted by molar-refractivity contribution is 7.93. The molecule has 0 bridgehead atoms. The summed E-state index contributed by atoms with van der Waals surface area (Å²) in [6, 6.07) is 2.62. The van der Waals surface area contributed by atoms with Crippen LogP contribution in [-0.4, -0.2) is 8.42 Å². The van der Waals surface area contributed by atoms with E-state index in [2.05, 4.69) is 4.72 Å². The van der Waals surface area contributed by atoms with Crippen molar-refractivity contribution in [3.05, 3.63) is 45.7 Å². The molecule has 2 aromatic rings. The molecule has 4 nitrogen and oxygen atoms in total. The number of aryl methyl sites for hydroxylation is 1. The summed E-state index contributed by atoms with van der Waals surface area (Å²) in [4.78, 5) is 0.534. The van der Waals surface area contributed by atoms with E-state index in [0.29, 0.717) is 16.5 Å². The molecule has 1 heterocycles. The van der Waals surface area contributed by atoms with Gasteiger partial charge in [0, 0.05) is 17.5 Å². The molecule has 0 unspecified atom stereocenters. The van der Waals surface area contributed by atoms with Gasteiger partial charge >= 0.3 is 0 Å². The molecule has 0 atom stereocenters. The van der Waals surface area contributed by atoms with Gasteiger partial charge in [-0.25, -0.2) is 17.2 Å². The zero-order chi connectivity index (χ0) is 14.9. The number of rotatable bonds is 4. The van der Waals surface area contributed by atoms with Crippen molar-refractivity contribution < 1.29 is 17.2 Å². The van der Waals surface area contributed by atoms with E-state index in [-0.39, 0.29) is 17.1 Å². The molecule has 0 saturated carbocycles. The lowest BCUT2D eigenvalue weighted by Gasteiger charge is -2.10. The van der Waals surface area contributed by atoms with E-state index in [1.165, 1.54) is 11.3 Å². The second-order valence-corrected chi connectivity index (χ2v) is 6.69. The first-order valence-corrected chi connectivity index (χ1v) is 7.96. The van der Waals surface area contributed by atoms with Crippen molar-refractivity contribution >= 4 is 27.0 Å². The van der Waals surface area contributed by atoms with Crippen LogP contribution in [-0.2, 0) is 16.6 Å². The van der Waals surface area contributed by atoms with Crippen molar-refractivity contribution in [2.45, 2.75) is 18.4 Å². The van der Waals surface area contributed by atoms with Crippen molar-refractivity contribution in [2.75, 3.05) is 4.72 Å². The Morgan fingerprint density at radius 3 is 2.65 bits per heavy atom. The zero-order valence-corrected chi connectivity index (χ0v) is 12.1. The van der Waals surface area contributed by atoms with Crippen LogP contribution in [0.1, 0.15) is 10.4 Å². The standard InChI is InChI=1S/C12H12F2N2O2S2/c1-7-6-19-11(5-15)12(7)20(17,18)16-10-3-2-8(13)4-9(10)14/h2-4,6,16H,5,15H2,1H3. The molecule has 0 fully saturated rings. The van der Waals surface area contributed by atoms with Gasteiger partial charge in [-0.2, -0.15) is 0 Å². The van der Waals surface area contributed by atoms with Crippen molar-refractivity contribution in [3.8, 4) is 0 Å². The highest BCUT2D eigenvalue weighted by Gasteiger charge is 2.23. The summed E-state index contributed by atoms with van der Waals surface area (Å²) < 4.78 is 53.0. The minimum absolute atomic E-state index is 0.0497. The van der Waals surface area contributed by atoms with Crippen LogP contribution < -0.4 is 10.5 Å². The maximum absolute atomic E-state index is 13.5. The van der Waals surface area contributed by atoms with Gasteiger partial charge in [0.2, 0.25) is 0 Å². The van der Waals surface area contributed by atoms with E-state index in [9.17, 15) is 17.2 Å². The second kappa shape index (κ2) is 5.47. The number of anilines is 1. The van der Waals surface area contributed by atoms with Gasteiger partial charge < -0.3 is 5.73 Å². The molecule has 3 N–H and O–H groups in total. The van der Waals surface area contributed by atoms with Gasteiger partial charge in [0.25, 0.3) is 10.0 Å². The lowest BCUT2D eigenvalue weighted by Crippen LogP contribution is -2.16. The molecular weight excluding hydrogens is 306 g/mol. The van der Waals surface area contributed by atoms with E-state index < -0.39 is 21.7 Å². The number of halogens is 2. The SMILES string of the molecule is Cc1csc(CN)c1S(=O)(=O)Nc1ccc(F)cc1F. The van der Waals surface area contributed by atoms with Gasteiger partial charge in [0.15, 0.2) is 0 Å². The Morgan fingerprint density at radius 1 is 1.35 bits per heavy atom. The lowest BCUT2D eigenvalue weighted by molar-refractivity contribution is 0.582. The fourth-order valence-electron chi connectivity index (χ4n) is 1.76. The zero-order valence-electron chi connectivity index (χ0n) is 10.5. The third kappa shape index (κ3) is 2.82. The Morgan fingerprint density at radius 2 is 2.05 bits per heavy atom. The van der Waals surface area contributed by atoms with Crippen molar-refractivity contribution in [3.63, 3.8) is 0 Å². The predicted molar refractivity (Wildman–Crippen MR) is 74.1 cm³/mol. The number of nitrogens with two attached hydrogens (primary N) is 1. The Balaban J connectivity index is 2.43. The predicted octanol–water partition coefficient (Wildman–Crippen LogP) is 2.59. The van der Waals surface area contributed by atoms with Crippen LogP contribution >= 0.6 is 11.3 Å². The van der Waals surface area contributed by atoms with Crippen LogP contribution in [0.5, 0.6) is 0 Å². The van der Waals surface area contributed by atoms with Gasteiger partial charge in [-0.3, -0.25) is 4.72 Å². The maximum Gasteiger partial charge on any atom is 0.263 e. The van der Waals surface area contributed by atoms with Gasteiger partial charge in [-0.05, 0) is 30.0 Å².